The third kappa shape index (κ3) is 4.31. The molecule has 30 heavy (non-hydrogen) atoms. The summed E-state index contributed by atoms with van der Waals surface area (Å²) in [6.45, 7) is 2.31. The van der Waals surface area contributed by atoms with Gasteiger partial charge < -0.3 is 9.73 Å². The van der Waals surface area contributed by atoms with Crippen LogP contribution in [0.15, 0.2) is 64.1 Å². The van der Waals surface area contributed by atoms with E-state index >= 15 is 0 Å². The molecule has 1 aromatic heterocycles. The molecule has 0 bridgehead atoms. The second kappa shape index (κ2) is 8.59. The number of carbonyl (C=O) groups excluding carboxylic acids is 3. The first-order chi connectivity index (χ1) is 14.5. The molecule has 6 nitrogen and oxygen atoms in total. The van der Waals surface area contributed by atoms with Crippen molar-refractivity contribution in [3.05, 3.63) is 76.4 Å². The summed E-state index contributed by atoms with van der Waals surface area (Å²) in [6, 6.07) is 15.2. The number of amides is 3. The lowest BCUT2D eigenvalue weighted by Gasteiger charge is -2.12. The summed E-state index contributed by atoms with van der Waals surface area (Å²) < 4.78 is 5.52. The fourth-order valence-electron chi connectivity index (χ4n) is 3.26. The number of furan rings is 1. The Morgan fingerprint density at radius 3 is 2.77 bits per heavy atom. The first-order valence-electron chi connectivity index (χ1n) is 9.55. The van der Waals surface area contributed by atoms with Crippen LogP contribution in [0.3, 0.4) is 0 Å². The number of aryl methyl sites for hydroxylation is 1. The zero-order valence-corrected chi connectivity index (χ0v) is 17.2. The number of thioether (sulfide) groups is 1. The minimum absolute atomic E-state index is 0.133. The van der Waals surface area contributed by atoms with Gasteiger partial charge in [-0.15, -0.1) is 0 Å². The summed E-state index contributed by atoms with van der Waals surface area (Å²) in [5.74, 6) is -0.524. The predicted molar refractivity (Wildman–Crippen MR) is 117 cm³/mol. The second-order valence-corrected chi connectivity index (χ2v) is 8.02. The van der Waals surface area contributed by atoms with Gasteiger partial charge in [0.05, 0.1) is 17.6 Å². The molecule has 4 rings (SSSR count). The maximum atomic E-state index is 12.5. The summed E-state index contributed by atoms with van der Waals surface area (Å²) in [4.78, 5) is 38.6. The Morgan fingerprint density at radius 1 is 1.17 bits per heavy atom. The second-order valence-electron chi connectivity index (χ2n) is 7.03. The van der Waals surface area contributed by atoms with E-state index in [1.54, 1.807) is 12.3 Å². The molecule has 0 saturated carbocycles. The van der Waals surface area contributed by atoms with Crippen molar-refractivity contribution in [3.8, 4) is 0 Å². The van der Waals surface area contributed by atoms with Crippen molar-refractivity contribution in [3.63, 3.8) is 0 Å². The van der Waals surface area contributed by atoms with E-state index in [1.165, 1.54) is 0 Å². The molecule has 0 unspecified atom stereocenters. The molecule has 0 aliphatic carbocycles. The van der Waals surface area contributed by atoms with Gasteiger partial charge in [0.25, 0.3) is 11.1 Å². The first kappa shape index (κ1) is 20.0. The van der Waals surface area contributed by atoms with Crippen molar-refractivity contribution in [2.24, 2.45) is 0 Å². The van der Waals surface area contributed by atoms with Crippen molar-refractivity contribution < 1.29 is 18.8 Å². The van der Waals surface area contributed by atoms with Crippen molar-refractivity contribution in [2.45, 2.75) is 13.3 Å². The molecule has 0 spiro atoms. The summed E-state index contributed by atoms with van der Waals surface area (Å²) >= 11 is 0.915. The number of rotatable bonds is 6. The van der Waals surface area contributed by atoms with Gasteiger partial charge >= 0.3 is 0 Å². The molecule has 3 aromatic rings. The molecule has 1 aliphatic rings. The molecule has 7 heteroatoms. The van der Waals surface area contributed by atoms with Crippen LogP contribution in [0, 0.1) is 6.92 Å². The van der Waals surface area contributed by atoms with Crippen LogP contribution in [0.1, 0.15) is 16.7 Å². The Bertz CT molecular complexity index is 1150. The Balaban J connectivity index is 1.32. The van der Waals surface area contributed by atoms with Crippen LogP contribution >= 0.6 is 11.8 Å². The lowest BCUT2D eigenvalue weighted by atomic mass is 10.1. The Labute approximate surface area is 177 Å². The van der Waals surface area contributed by atoms with E-state index in [-0.39, 0.29) is 36.6 Å². The van der Waals surface area contributed by atoms with Crippen LogP contribution in [0.25, 0.3) is 17.0 Å². The third-order valence-electron chi connectivity index (χ3n) is 4.79. The topological polar surface area (TPSA) is 79.6 Å². The van der Waals surface area contributed by atoms with Crippen molar-refractivity contribution in [2.75, 3.05) is 13.1 Å². The number of imide groups is 1. The number of fused-ring (bicyclic) bond motifs is 1. The van der Waals surface area contributed by atoms with Gasteiger partial charge in [-0.25, -0.2) is 0 Å². The number of nitrogens with zero attached hydrogens (tertiary/aromatic N) is 1. The highest BCUT2D eigenvalue weighted by Crippen LogP contribution is 2.31. The van der Waals surface area contributed by atoms with Crippen LogP contribution in [-0.2, 0) is 16.0 Å². The monoisotopic (exact) mass is 420 g/mol. The predicted octanol–water partition coefficient (Wildman–Crippen LogP) is 4.14. The fourth-order valence-corrected chi connectivity index (χ4v) is 4.13. The number of nitrogens with one attached hydrogen (secondary N) is 1. The van der Waals surface area contributed by atoms with Crippen LogP contribution in [0.2, 0.25) is 0 Å². The lowest BCUT2D eigenvalue weighted by Crippen LogP contribution is -2.37. The van der Waals surface area contributed by atoms with Crippen molar-refractivity contribution >= 4 is 45.9 Å². The third-order valence-corrected chi connectivity index (χ3v) is 5.70. The van der Waals surface area contributed by atoms with Gasteiger partial charge in [0.15, 0.2) is 0 Å². The van der Waals surface area contributed by atoms with Gasteiger partial charge in [0.1, 0.15) is 5.58 Å². The van der Waals surface area contributed by atoms with E-state index in [0.29, 0.717) is 4.91 Å². The van der Waals surface area contributed by atoms with Gasteiger partial charge in [-0.05, 0) is 42.0 Å². The highest BCUT2D eigenvalue weighted by Gasteiger charge is 2.34. The number of carbonyl (C=O) groups is 3. The highest BCUT2D eigenvalue weighted by molar-refractivity contribution is 8.18. The van der Waals surface area contributed by atoms with Crippen LogP contribution in [0.5, 0.6) is 0 Å². The normalized spacial score (nSPS) is 15.4. The zero-order valence-electron chi connectivity index (χ0n) is 16.4. The van der Waals surface area contributed by atoms with Crippen LogP contribution < -0.4 is 5.32 Å². The maximum Gasteiger partial charge on any atom is 0.293 e. The van der Waals surface area contributed by atoms with Crippen molar-refractivity contribution in [1.29, 1.82) is 0 Å². The van der Waals surface area contributed by atoms with Gasteiger partial charge in [0, 0.05) is 24.0 Å². The van der Waals surface area contributed by atoms with E-state index in [0.717, 1.165) is 44.3 Å². The minimum Gasteiger partial charge on any atom is -0.464 e. The average molecular weight is 420 g/mol. The molecule has 2 heterocycles. The van der Waals surface area contributed by atoms with Gasteiger partial charge in [-0.3, -0.25) is 19.3 Å². The molecule has 3 amide bonds. The summed E-state index contributed by atoms with van der Waals surface area (Å²) in [5.41, 5.74) is 3.51. The molecule has 1 aliphatic heterocycles. The van der Waals surface area contributed by atoms with Gasteiger partial charge in [-0.2, -0.15) is 0 Å². The van der Waals surface area contributed by atoms with Gasteiger partial charge in [-0.1, -0.05) is 42.5 Å². The van der Waals surface area contributed by atoms with Crippen LogP contribution in [-0.4, -0.2) is 35.0 Å². The van der Waals surface area contributed by atoms with E-state index in [9.17, 15) is 14.4 Å². The molecule has 1 saturated heterocycles. The lowest BCUT2D eigenvalue weighted by molar-refractivity contribution is -0.124. The first-order valence-corrected chi connectivity index (χ1v) is 10.4. The minimum atomic E-state index is -0.334. The zero-order chi connectivity index (χ0) is 21.1. The highest BCUT2D eigenvalue weighted by atomic mass is 32.2. The van der Waals surface area contributed by atoms with E-state index < -0.39 is 0 Å². The number of hydrogen-bond donors (Lipinski definition) is 1. The van der Waals surface area contributed by atoms with Crippen molar-refractivity contribution in [1.82, 2.24) is 10.2 Å². The quantitative estimate of drug-likeness (QED) is 0.607. The summed E-state index contributed by atoms with van der Waals surface area (Å²) in [5, 5.41) is 3.36. The number of benzene rings is 2. The standard InChI is InChI=1S/C23H20N2O4S/c1-15-7-8-18-17(14-29-19(18)11-15)13-21(26)24-9-10-25-22(27)20(30-23(25)28)12-16-5-3-2-4-6-16/h2-8,11-12,14H,9-10,13H2,1H3,(H,24,26). The smallest absolute Gasteiger partial charge is 0.293 e. The van der Waals surface area contributed by atoms with E-state index in [2.05, 4.69) is 5.32 Å². The van der Waals surface area contributed by atoms with Crippen LogP contribution in [0.4, 0.5) is 4.79 Å². The SMILES string of the molecule is Cc1ccc2c(CC(=O)NCCN3C(=O)SC(=Cc4ccccc4)C3=O)coc2c1. The van der Waals surface area contributed by atoms with E-state index in [4.69, 9.17) is 4.42 Å². The average Bonchev–Trinajstić information content (AvgIpc) is 3.23. The molecule has 1 fully saturated rings. The molecule has 0 atom stereocenters. The largest absolute Gasteiger partial charge is 0.464 e. The molecular formula is C23H20N2O4S. The number of hydrogen-bond acceptors (Lipinski definition) is 5. The summed E-state index contributed by atoms with van der Waals surface area (Å²) in [6.07, 6.45) is 3.47. The Morgan fingerprint density at radius 2 is 1.97 bits per heavy atom. The Hall–Kier alpha value is -3.32. The summed E-state index contributed by atoms with van der Waals surface area (Å²) in [7, 11) is 0. The molecule has 0 radical (unpaired) electrons. The maximum absolute atomic E-state index is 12.5. The van der Waals surface area contributed by atoms with E-state index in [1.807, 2.05) is 55.5 Å². The van der Waals surface area contributed by atoms with Gasteiger partial charge in [0.2, 0.25) is 5.91 Å². The fraction of sp³-hybridized carbons (Fsp3) is 0.174. The Kier molecular flexibility index (Phi) is 5.72. The molecule has 1 N–H and O–H groups in total. The molecular weight excluding hydrogens is 400 g/mol. The molecule has 2 aromatic carbocycles. The molecule has 152 valence electrons.